The standard InChI is InChI=1S/C14H23N3O2/c1-14(2,3)19-13(18)17-9-12(16-10-17)7-11-5-4-6-15-8-11/h9-11,15H,4-8H2,1-3H3. The highest BCUT2D eigenvalue weighted by Gasteiger charge is 2.19. The normalized spacial score (nSPS) is 20.3. The second-order valence-corrected chi connectivity index (χ2v) is 6.17. The third-order valence-corrected chi connectivity index (χ3v) is 3.14. The van der Waals surface area contributed by atoms with Gasteiger partial charge in [-0.15, -0.1) is 0 Å². The van der Waals surface area contributed by atoms with Crippen molar-refractivity contribution in [3.63, 3.8) is 0 Å². The third-order valence-electron chi connectivity index (χ3n) is 3.14. The van der Waals surface area contributed by atoms with E-state index in [1.807, 2.05) is 20.8 Å². The molecule has 0 saturated carbocycles. The van der Waals surface area contributed by atoms with E-state index in [-0.39, 0.29) is 6.09 Å². The molecule has 2 heterocycles. The minimum atomic E-state index is -0.477. The summed E-state index contributed by atoms with van der Waals surface area (Å²) < 4.78 is 6.73. The number of nitrogens with zero attached hydrogens (tertiary/aromatic N) is 2. The number of carbonyl (C=O) groups excluding carboxylic acids is 1. The van der Waals surface area contributed by atoms with E-state index in [1.165, 1.54) is 17.4 Å². The number of aromatic nitrogens is 2. The number of carbonyl (C=O) groups is 1. The Hall–Kier alpha value is -1.36. The molecule has 1 atom stereocenters. The zero-order valence-corrected chi connectivity index (χ0v) is 12.0. The summed E-state index contributed by atoms with van der Waals surface area (Å²) in [5.74, 6) is 0.621. The minimum Gasteiger partial charge on any atom is -0.443 e. The molecule has 1 aromatic heterocycles. The molecule has 2 rings (SSSR count). The van der Waals surface area contributed by atoms with Crippen LogP contribution in [0.5, 0.6) is 0 Å². The first-order valence-corrected chi connectivity index (χ1v) is 6.91. The van der Waals surface area contributed by atoms with Crippen LogP contribution < -0.4 is 5.32 Å². The van der Waals surface area contributed by atoms with Crippen LogP contribution in [-0.4, -0.2) is 34.3 Å². The van der Waals surface area contributed by atoms with Crippen molar-refractivity contribution in [2.24, 2.45) is 5.92 Å². The van der Waals surface area contributed by atoms with E-state index in [2.05, 4.69) is 10.3 Å². The summed E-state index contributed by atoms with van der Waals surface area (Å²) in [6.07, 6.45) is 6.32. The predicted octanol–water partition coefficient (Wildman–Crippen LogP) is 2.21. The van der Waals surface area contributed by atoms with E-state index < -0.39 is 5.60 Å². The molecule has 19 heavy (non-hydrogen) atoms. The summed E-state index contributed by atoms with van der Waals surface area (Å²) in [6.45, 7) is 7.73. The van der Waals surface area contributed by atoms with Gasteiger partial charge in [-0.05, 0) is 59.0 Å². The quantitative estimate of drug-likeness (QED) is 0.890. The lowest BCUT2D eigenvalue weighted by Gasteiger charge is -2.21. The van der Waals surface area contributed by atoms with Gasteiger partial charge in [0.05, 0.1) is 5.69 Å². The van der Waals surface area contributed by atoms with Crippen LogP contribution in [0.4, 0.5) is 4.79 Å². The van der Waals surface area contributed by atoms with Crippen LogP contribution >= 0.6 is 0 Å². The number of hydrogen-bond donors (Lipinski definition) is 1. The predicted molar refractivity (Wildman–Crippen MR) is 73.2 cm³/mol. The zero-order chi connectivity index (χ0) is 13.9. The smallest absolute Gasteiger partial charge is 0.419 e. The van der Waals surface area contributed by atoms with Gasteiger partial charge in [-0.3, -0.25) is 0 Å². The number of ether oxygens (including phenoxy) is 1. The van der Waals surface area contributed by atoms with Gasteiger partial charge in [0, 0.05) is 6.20 Å². The van der Waals surface area contributed by atoms with Gasteiger partial charge in [-0.1, -0.05) is 0 Å². The lowest BCUT2D eigenvalue weighted by Crippen LogP contribution is -2.30. The SMILES string of the molecule is CC(C)(C)OC(=O)n1cnc(CC2CCCNC2)c1. The summed E-state index contributed by atoms with van der Waals surface area (Å²) in [5, 5.41) is 3.39. The van der Waals surface area contributed by atoms with Crippen LogP contribution in [0.3, 0.4) is 0 Å². The fourth-order valence-corrected chi connectivity index (χ4v) is 2.28. The summed E-state index contributed by atoms with van der Waals surface area (Å²) in [5.41, 5.74) is 0.481. The van der Waals surface area contributed by atoms with Gasteiger partial charge in [-0.2, -0.15) is 0 Å². The molecule has 0 spiro atoms. The molecule has 0 bridgehead atoms. The zero-order valence-electron chi connectivity index (χ0n) is 12.0. The second-order valence-electron chi connectivity index (χ2n) is 6.17. The van der Waals surface area contributed by atoms with Gasteiger partial charge >= 0.3 is 6.09 Å². The van der Waals surface area contributed by atoms with E-state index in [9.17, 15) is 4.79 Å². The number of hydrogen-bond acceptors (Lipinski definition) is 4. The van der Waals surface area contributed by atoms with Crippen molar-refractivity contribution >= 4 is 6.09 Å². The molecule has 1 aliphatic rings. The molecular weight excluding hydrogens is 242 g/mol. The van der Waals surface area contributed by atoms with Crippen LogP contribution in [0.25, 0.3) is 0 Å². The van der Waals surface area contributed by atoms with E-state index in [1.54, 1.807) is 12.5 Å². The molecule has 1 aliphatic heterocycles. The lowest BCUT2D eigenvalue weighted by atomic mass is 9.95. The van der Waals surface area contributed by atoms with Gasteiger partial charge < -0.3 is 10.1 Å². The van der Waals surface area contributed by atoms with Gasteiger partial charge in [0.15, 0.2) is 0 Å². The summed E-state index contributed by atoms with van der Waals surface area (Å²) in [4.78, 5) is 16.1. The fourth-order valence-electron chi connectivity index (χ4n) is 2.28. The molecule has 106 valence electrons. The lowest BCUT2D eigenvalue weighted by molar-refractivity contribution is 0.0536. The summed E-state index contributed by atoms with van der Waals surface area (Å²) >= 11 is 0. The Kier molecular flexibility index (Phi) is 4.24. The fraction of sp³-hybridized carbons (Fsp3) is 0.714. The highest BCUT2D eigenvalue weighted by Crippen LogP contribution is 2.16. The van der Waals surface area contributed by atoms with Crippen molar-refractivity contribution in [1.82, 2.24) is 14.9 Å². The van der Waals surface area contributed by atoms with Crippen LogP contribution in [0, 0.1) is 5.92 Å². The Morgan fingerprint density at radius 3 is 3.00 bits per heavy atom. The summed E-state index contributed by atoms with van der Waals surface area (Å²) in [7, 11) is 0. The monoisotopic (exact) mass is 265 g/mol. The Balaban J connectivity index is 1.92. The Morgan fingerprint density at radius 2 is 2.37 bits per heavy atom. The van der Waals surface area contributed by atoms with Crippen LogP contribution in [-0.2, 0) is 11.2 Å². The number of nitrogens with one attached hydrogen (secondary N) is 1. The molecule has 5 nitrogen and oxygen atoms in total. The Morgan fingerprint density at radius 1 is 1.58 bits per heavy atom. The first-order chi connectivity index (χ1) is 8.94. The van der Waals surface area contributed by atoms with Crippen molar-refractivity contribution in [3.8, 4) is 0 Å². The average molecular weight is 265 g/mol. The topological polar surface area (TPSA) is 56.2 Å². The van der Waals surface area contributed by atoms with Gasteiger partial charge in [0.1, 0.15) is 11.9 Å². The average Bonchev–Trinajstić information content (AvgIpc) is 2.77. The van der Waals surface area contributed by atoms with Crippen molar-refractivity contribution in [2.45, 2.75) is 45.6 Å². The van der Waals surface area contributed by atoms with Crippen LogP contribution in [0.15, 0.2) is 12.5 Å². The van der Waals surface area contributed by atoms with E-state index >= 15 is 0 Å². The molecule has 5 heteroatoms. The first-order valence-electron chi connectivity index (χ1n) is 6.91. The number of rotatable bonds is 2. The van der Waals surface area contributed by atoms with Crippen molar-refractivity contribution in [1.29, 1.82) is 0 Å². The Bertz CT molecular complexity index is 428. The molecule has 0 aromatic carbocycles. The summed E-state index contributed by atoms with van der Waals surface area (Å²) in [6, 6.07) is 0. The van der Waals surface area contributed by atoms with Gasteiger partial charge in [0.25, 0.3) is 0 Å². The molecule has 1 aromatic rings. The molecule has 1 unspecified atom stereocenters. The molecule has 0 radical (unpaired) electrons. The van der Waals surface area contributed by atoms with E-state index in [4.69, 9.17) is 4.74 Å². The second kappa shape index (κ2) is 5.74. The highest BCUT2D eigenvalue weighted by atomic mass is 16.6. The molecular formula is C14H23N3O2. The van der Waals surface area contributed by atoms with Gasteiger partial charge in [0.2, 0.25) is 0 Å². The van der Waals surface area contributed by atoms with Gasteiger partial charge in [-0.25, -0.2) is 14.3 Å². The van der Waals surface area contributed by atoms with Crippen LogP contribution in [0.1, 0.15) is 39.3 Å². The maximum Gasteiger partial charge on any atom is 0.419 e. The molecule has 0 amide bonds. The molecule has 0 aliphatic carbocycles. The Labute approximate surface area is 114 Å². The van der Waals surface area contributed by atoms with Crippen molar-refractivity contribution in [2.75, 3.05) is 13.1 Å². The molecule has 1 N–H and O–H groups in total. The maximum atomic E-state index is 11.9. The van der Waals surface area contributed by atoms with E-state index in [0.29, 0.717) is 5.92 Å². The largest absolute Gasteiger partial charge is 0.443 e. The van der Waals surface area contributed by atoms with Crippen LogP contribution in [0.2, 0.25) is 0 Å². The highest BCUT2D eigenvalue weighted by molar-refractivity contribution is 5.70. The minimum absolute atomic E-state index is 0.368. The van der Waals surface area contributed by atoms with E-state index in [0.717, 1.165) is 25.2 Å². The molecule has 1 fully saturated rings. The maximum absolute atomic E-state index is 11.9. The van der Waals surface area contributed by atoms with Crippen molar-refractivity contribution < 1.29 is 9.53 Å². The number of piperidine rings is 1. The van der Waals surface area contributed by atoms with Crippen molar-refractivity contribution in [3.05, 3.63) is 18.2 Å². The number of imidazole rings is 1. The first kappa shape index (κ1) is 14.1. The third kappa shape index (κ3) is 4.35. The molecule has 1 saturated heterocycles.